The molecule has 0 saturated heterocycles. The standard InChI is InChI=1S/C16H24N6O/c17-7-15(11-3-1-9(19)5-13(11)21)23-16(8-18)12-4-2-10(20)6-14(12)22/h1-6,15-16H,7-8,17-22H2. The Bertz CT molecular complexity index is 618. The Hall–Kier alpha value is -2.48. The van der Waals surface area contributed by atoms with Gasteiger partial charge in [-0.3, -0.25) is 0 Å². The Labute approximate surface area is 135 Å². The third-order valence-corrected chi connectivity index (χ3v) is 3.67. The van der Waals surface area contributed by atoms with Gasteiger partial charge in [0.2, 0.25) is 0 Å². The lowest BCUT2D eigenvalue weighted by atomic mass is 10.0. The van der Waals surface area contributed by atoms with Crippen molar-refractivity contribution < 1.29 is 4.74 Å². The highest BCUT2D eigenvalue weighted by Gasteiger charge is 2.21. The molecule has 0 spiro atoms. The van der Waals surface area contributed by atoms with Gasteiger partial charge in [0.05, 0.1) is 12.2 Å². The lowest BCUT2D eigenvalue weighted by molar-refractivity contribution is -0.00442. The molecule has 2 aromatic carbocycles. The first-order valence-corrected chi connectivity index (χ1v) is 7.31. The van der Waals surface area contributed by atoms with Crippen molar-refractivity contribution in [3.63, 3.8) is 0 Å². The van der Waals surface area contributed by atoms with Crippen LogP contribution in [0.1, 0.15) is 23.3 Å². The molecule has 0 heterocycles. The average Bonchev–Trinajstić information content (AvgIpc) is 2.50. The predicted molar refractivity (Wildman–Crippen MR) is 95.2 cm³/mol. The van der Waals surface area contributed by atoms with Crippen LogP contribution in [0.3, 0.4) is 0 Å². The van der Waals surface area contributed by atoms with Gasteiger partial charge in [-0.15, -0.1) is 0 Å². The summed E-state index contributed by atoms with van der Waals surface area (Å²) in [4.78, 5) is 0. The molecule has 124 valence electrons. The molecule has 2 atom stereocenters. The van der Waals surface area contributed by atoms with Gasteiger partial charge in [-0.05, 0) is 24.3 Å². The van der Waals surface area contributed by atoms with Gasteiger partial charge in [0.25, 0.3) is 0 Å². The first kappa shape index (κ1) is 16.9. The van der Waals surface area contributed by atoms with Crippen molar-refractivity contribution in [3.05, 3.63) is 47.5 Å². The zero-order valence-corrected chi connectivity index (χ0v) is 12.9. The van der Waals surface area contributed by atoms with Gasteiger partial charge in [-0.1, -0.05) is 12.1 Å². The summed E-state index contributed by atoms with van der Waals surface area (Å²) in [5.41, 5.74) is 38.9. The minimum Gasteiger partial charge on any atom is -0.399 e. The van der Waals surface area contributed by atoms with Crippen LogP contribution in [0.25, 0.3) is 0 Å². The first-order chi connectivity index (χ1) is 11.0. The topological polar surface area (TPSA) is 165 Å². The Morgan fingerprint density at radius 3 is 1.39 bits per heavy atom. The molecular weight excluding hydrogens is 292 g/mol. The number of rotatable bonds is 6. The van der Waals surface area contributed by atoms with E-state index in [4.69, 9.17) is 39.1 Å². The normalized spacial score (nSPS) is 13.7. The third-order valence-electron chi connectivity index (χ3n) is 3.67. The second-order valence-corrected chi connectivity index (χ2v) is 5.36. The molecule has 0 aromatic heterocycles. The number of anilines is 4. The highest BCUT2D eigenvalue weighted by atomic mass is 16.5. The van der Waals surface area contributed by atoms with E-state index in [1.54, 1.807) is 24.3 Å². The molecule has 7 nitrogen and oxygen atoms in total. The summed E-state index contributed by atoms with van der Waals surface area (Å²) < 4.78 is 6.07. The molecule has 0 bridgehead atoms. The van der Waals surface area contributed by atoms with Gasteiger partial charge in [0.15, 0.2) is 0 Å². The highest BCUT2D eigenvalue weighted by molar-refractivity contribution is 5.59. The minimum absolute atomic E-state index is 0.249. The van der Waals surface area contributed by atoms with Crippen LogP contribution >= 0.6 is 0 Å². The smallest absolute Gasteiger partial charge is 0.0975 e. The van der Waals surface area contributed by atoms with Crippen LogP contribution in [-0.4, -0.2) is 13.1 Å². The van der Waals surface area contributed by atoms with Crippen LogP contribution in [0.2, 0.25) is 0 Å². The van der Waals surface area contributed by atoms with E-state index in [1.165, 1.54) is 0 Å². The molecule has 23 heavy (non-hydrogen) atoms. The van der Waals surface area contributed by atoms with E-state index in [0.717, 1.165) is 11.1 Å². The van der Waals surface area contributed by atoms with Gasteiger partial charge in [-0.2, -0.15) is 0 Å². The van der Waals surface area contributed by atoms with Crippen molar-refractivity contribution in [2.75, 3.05) is 36.0 Å². The number of nitrogens with two attached hydrogens (primary N) is 6. The number of hydrogen-bond acceptors (Lipinski definition) is 7. The summed E-state index contributed by atoms with van der Waals surface area (Å²) in [6, 6.07) is 10.5. The van der Waals surface area contributed by atoms with E-state index in [-0.39, 0.29) is 13.1 Å². The maximum atomic E-state index is 6.07. The summed E-state index contributed by atoms with van der Waals surface area (Å²) in [5, 5.41) is 0. The quantitative estimate of drug-likeness (QED) is 0.427. The summed E-state index contributed by atoms with van der Waals surface area (Å²) in [6.07, 6.45) is -0.831. The largest absolute Gasteiger partial charge is 0.399 e. The summed E-state index contributed by atoms with van der Waals surface area (Å²) in [7, 11) is 0. The minimum atomic E-state index is -0.416. The molecule has 0 aliphatic carbocycles. The number of hydrogen-bond donors (Lipinski definition) is 6. The molecule has 2 rings (SSSR count). The second-order valence-electron chi connectivity index (χ2n) is 5.36. The molecule has 12 N–H and O–H groups in total. The Kier molecular flexibility index (Phi) is 5.28. The second kappa shape index (κ2) is 7.19. The van der Waals surface area contributed by atoms with Crippen molar-refractivity contribution in [3.8, 4) is 0 Å². The van der Waals surface area contributed by atoms with Crippen LogP contribution in [0.5, 0.6) is 0 Å². The molecular formula is C16H24N6O. The van der Waals surface area contributed by atoms with Gasteiger partial charge in [-0.25, -0.2) is 0 Å². The third kappa shape index (κ3) is 3.84. The zero-order valence-electron chi connectivity index (χ0n) is 12.9. The maximum Gasteiger partial charge on any atom is 0.0975 e. The van der Waals surface area contributed by atoms with Gasteiger partial charge in [0, 0.05) is 47.0 Å². The Morgan fingerprint density at radius 2 is 1.09 bits per heavy atom. The Balaban J connectivity index is 2.28. The van der Waals surface area contributed by atoms with E-state index >= 15 is 0 Å². The molecule has 2 aromatic rings. The van der Waals surface area contributed by atoms with E-state index in [1.807, 2.05) is 12.1 Å². The molecule has 7 heteroatoms. The fraction of sp³-hybridized carbons (Fsp3) is 0.250. The van der Waals surface area contributed by atoms with Crippen molar-refractivity contribution in [1.29, 1.82) is 0 Å². The van der Waals surface area contributed by atoms with Gasteiger partial charge >= 0.3 is 0 Å². The Morgan fingerprint density at radius 1 is 0.696 bits per heavy atom. The highest BCUT2D eigenvalue weighted by Crippen LogP contribution is 2.32. The lowest BCUT2D eigenvalue weighted by Gasteiger charge is -2.25. The van der Waals surface area contributed by atoms with E-state index < -0.39 is 12.2 Å². The summed E-state index contributed by atoms with van der Waals surface area (Å²) in [5.74, 6) is 0. The van der Waals surface area contributed by atoms with Crippen LogP contribution in [-0.2, 0) is 4.74 Å². The fourth-order valence-corrected chi connectivity index (χ4v) is 2.48. The van der Waals surface area contributed by atoms with E-state index in [9.17, 15) is 0 Å². The van der Waals surface area contributed by atoms with Crippen LogP contribution in [0, 0.1) is 0 Å². The summed E-state index contributed by atoms with van der Waals surface area (Å²) >= 11 is 0. The molecule has 2 unspecified atom stereocenters. The van der Waals surface area contributed by atoms with Crippen LogP contribution in [0.4, 0.5) is 22.7 Å². The maximum absolute atomic E-state index is 6.07. The molecule has 0 amide bonds. The van der Waals surface area contributed by atoms with Gasteiger partial charge in [0.1, 0.15) is 0 Å². The average molecular weight is 316 g/mol. The molecule has 0 saturated carbocycles. The van der Waals surface area contributed by atoms with Crippen molar-refractivity contribution in [1.82, 2.24) is 0 Å². The van der Waals surface area contributed by atoms with Crippen LogP contribution in [0.15, 0.2) is 36.4 Å². The monoisotopic (exact) mass is 316 g/mol. The van der Waals surface area contributed by atoms with Crippen LogP contribution < -0.4 is 34.4 Å². The summed E-state index contributed by atoms with van der Waals surface area (Å²) in [6.45, 7) is 0.499. The van der Waals surface area contributed by atoms with E-state index in [2.05, 4.69) is 0 Å². The number of ether oxygens (including phenoxy) is 1. The van der Waals surface area contributed by atoms with Gasteiger partial charge < -0.3 is 39.1 Å². The van der Waals surface area contributed by atoms with Crippen molar-refractivity contribution >= 4 is 22.7 Å². The molecule has 0 aliphatic heterocycles. The molecule has 0 fully saturated rings. The zero-order chi connectivity index (χ0) is 17.0. The lowest BCUT2D eigenvalue weighted by Crippen LogP contribution is -2.24. The molecule has 0 radical (unpaired) electrons. The fourth-order valence-electron chi connectivity index (χ4n) is 2.48. The SMILES string of the molecule is NCC(OC(CN)c1ccc(N)cc1N)c1ccc(N)cc1N. The predicted octanol–water partition coefficient (Wildman–Crippen LogP) is 0.732. The number of nitrogen functional groups attached to an aromatic ring is 4. The number of benzene rings is 2. The van der Waals surface area contributed by atoms with E-state index in [0.29, 0.717) is 22.7 Å². The van der Waals surface area contributed by atoms with Crippen molar-refractivity contribution in [2.24, 2.45) is 11.5 Å². The van der Waals surface area contributed by atoms with Crippen molar-refractivity contribution in [2.45, 2.75) is 12.2 Å². The first-order valence-electron chi connectivity index (χ1n) is 7.31. The molecule has 0 aliphatic rings.